The standard InChI is InChI=1S/C36H53N7O6/c1-5-10-25(29(44)34(48)39-23-15-16-23)40-33(47)28-24-14-9-13-22(24)20-43(28)35(49)30(36(2,3)4)42-32(46)27(21-11-7-6-8-12-21)41-31(45)26-19-37-17-18-38-26/h17-19,21-25,27-28,30H,5-16,20H2,1-4H3,(H,39,48)(H,40,47)(H,41,45)(H,42,46)/t22-,24+,25+,27-,28+,30+/m0/s1. The summed E-state index contributed by atoms with van der Waals surface area (Å²) in [5.74, 6) is -3.20. The lowest BCUT2D eigenvalue weighted by atomic mass is 9.82. The number of ketones is 1. The summed E-state index contributed by atoms with van der Waals surface area (Å²) in [6.07, 6.45) is 13.9. The average Bonchev–Trinajstić information content (AvgIpc) is 3.65. The second-order valence-corrected chi connectivity index (χ2v) is 15.5. The van der Waals surface area contributed by atoms with Crippen LogP contribution in [0.4, 0.5) is 0 Å². The van der Waals surface area contributed by atoms with Gasteiger partial charge in [0.1, 0.15) is 23.8 Å². The zero-order chi connectivity index (χ0) is 35.3. The van der Waals surface area contributed by atoms with Gasteiger partial charge in [-0.1, -0.05) is 59.8 Å². The molecule has 6 atom stereocenters. The van der Waals surface area contributed by atoms with E-state index in [1.54, 1.807) is 4.90 Å². The zero-order valence-corrected chi connectivity index (χ0v) is 29.3. The molecule has 0 unspecified atom stereocenters. The number of hydrogen-bond acceptors (Lipinski definition) is 8. The Balaban J connectivity index is 1.36. The molecule has 1 aromatic heterocycles. The minimum atomic E-state index is -0.994. The summed E-state index contributed by atoms with van der Waals surface area (Å²) in [4.78, 5) is 91.4. The number of nitrogens with one attached hydrogen (secondary N) is 4. The SMILES string of the molecule is CCC[C@@H](NC(=O)[C@H]1[C@@H]2CCC[C@H]2CN1C(=O)[C@@H](NC(=O)[C@@H](NC(=O)c1cnccn1)C1CCCCC1)C(C)(C)C)C(=O)C(=O)NC1CC1. The number of hydrogen-bond donors (Lipinski definition) is 4. The largest absolute Gasteiger partial charge is 0.347 e. The molecular formula is C36H53N7O6. The van der Waals surface area contributed by atoms with Crippen LogP contribution in [-0.4, -0.2) is 86.9 Å². The molecule has 268 valence electrons. The molecule has 0 radical (unpaired) electrons. The Morgan fingerprint density at radius 2 is 1.63 bits per heavy atom. The summed E-state index contributed by atoms with van der Waals surface area (Å²) >= 11 is 0. The quantitative estimate of drug-likeness (QED) is 0.230. The number of carbonyl (C=O) groups excluding carboxylic acids is 6. The van der Waals surface area contributed by atoms with E-state index in [9.17, 15) is 28.8 Å². The molecule has 5 amide bonds. The van der Waals surface area contributed by atoms with Gasteiger partial charge in [-0.05, 0) is 68.1 Å². The van der Waals surface area contributed by atoms with Crippen molar-refractivity contribution in [2.24, 2.45) is 23.2 Å². The van der Waals surface area contributed by atoms with Gasteiger partial charge >= 0.3 is 0 Å². The normalized spacial score (nSPS) is 24.2. The number of fused-ring (bicyclic) bond motifs is 1. The van der Waals surface area contributed by atoms with Gasteiger partial charge in [-0.2, -0.15) is 0 Å². The van der Waals surface area contributed by atoms with Gasteiger partial charge in [0.05, 0.1) is 12.2 Å². The summed E-state index contributed by atoms with van der Waals surface area (Å²) in [5, 5.41) is 11.5. The smallest absolute Gasteiger partial charge is 0.289 e. The van der Waals surface area contributed by atoms with E-state index >= 15 is 0 Å². The molecule has 1 aliphatic heterocycles. The number of rotatable bonds is 13. The Hall–Kier alpha value is -3.90. The van der Waals surface area contributed by atoms with E-state index in [4.69, 9.17) is 0 Å². The molecule has 1 aromatic rings. The molecule has 3 saturated carbocycles. The zero-order valence-electron chi connectivity index (χ0n) is 29.3. The third kappa shape index (κ3) is 8.83. The van der Waals surface area contributed by atoms with Crippen molar-refractivity contribution < 1.29 is 28.8 Å². The Morgan fingerprint density at radius 1 is 0.898 bits per heavy atom. The van der Waals surface area contributed by atoms with Gasteiger partial charge in [-0.25, -0.2) is 4.98 Å². The fourth-order valence-electron chi connectivity index (χ4n) is 7.87. The predicted molar refractivity (Wildman–Crippen MR) is 181 cm³/mol. The van der Waals surface area contributed by atoms with Crippen molar-refractivity contribution in [1.29, 1.82) is 0 Å². The topological polar surface area (TPSA) is 180 Å². The highest BCUT2D eigenvalue weighted by Gasteiger charge is 2.52. The van der Waals surface area contributed by atoms with E-state index < -0.39 is 59.0 Å². The summed E-state index contributed by atoms with van der Waals surface area (Å²) < 4.78 is 0. The molecule has 5 rings (SSSR count). The van der Waals surface area contributed by atoms with Gasteiger partial charge in [0, 0.05) is 25.0 Å². The first-order valence-electron chi connectivity index (χ1n) is 18.2. The Bertz CT molecular complexity index is 1390. The Labute approximate surface area is 288 Å². The summed E-state index contributed by atoms with van der Waals surface area (Å²) in [6, 6.07) is -3.68. The lowest BCUT2D eigenvalue weighted by Gasteiger charge is -2.38. The van der Waals surface area contributed by atoms with Crippen LogP contribution >= 0.6 is 0 Å². The molecule has 13 heteroatoms. The molecule has 2 heterocycles. The fraction of sp³-hybridized carbons (Fsp3) is 0.722. The molecule has 13 nitrogen and oxygen atoms in total. The van der Waals surface area contributed by atoms with E-state index in [0.29, 0.717) is 19.4 Å². The van der Waals surface area contributed by atoms with Gasteiger partial charge in [-0.3, -0.25) is 33.8 Å². The van der Waals surface area contributed by atoms with Crippen LogP contribution in [0.15, 0.2) is 18.6 Å². The number of aromatic nitrogens is 2. The summed E-state index contributed by atoms with van der Waals surface area (Å²) in [7, 11) is 0. The maximum absolute atomic E-state index is 14.6. The van der Waals surface area contributed by atoms with Crippen LogP contribution in [0, 0.1) is 23.2 Å². The van der Waals surface area contributed by atoms with Crippen LogP contribution in [0.5, 0.6) is 0 Å². The van der Waals surface area contributed by atoms with E-state index in [0.717, 1.165) is 64.2 Å². The second-order valence-electron chi connectivity index (χ2n) is 15.5. The molecule has 0 spiro atoms. The molecule has 49 heavy (non-hydrogen) atoms. The summed E-state index contributed by atoms with van der Waals surface area (Å²) in [6.45, 7) is 7.85. The van der Waals surface area contributed by atoms with Crippen LogP contribution in [0.2, 0.25) is 0 Å². The number of likely N-dealkylation sites (tertiary alicyclic amines) is 1. The highest BCUT2D eigenvalue weighted by molar-refractivity contribution is 6.38. The molecular weight excluding hydrogens is 626 g/mol. The lowest BCUT2D eigenvalue weighted by molar-refractivity contribution is -0.146. The van der Waals surface area contributed by atoms with Crippen molar-refractivity contribution in [3.8, 4) is 0 Å². The maximum Gasteiger partial charge on any atom is 0.289 e. The van der Waals surface area contributed by atoms with E-state index in [2.05, 4.69) is 31.2 Å². The minimum absolute atomic E-state index is 0.0132. The van der Waals surface area contributed by atoms with Gasteiger partial charge < -0.3 is 26.2 Å². The van der Waals surface area contributed by atoms with Crippen LogP contribution in [-0.2, 0) is 24.0 Å². The number of amides is 5. The highest BCUT2D eigenvalue weighted by atomic mass is 16.2. The monoisotopic (exact) mass is 679 g/mol. The van der Waals surface area contributed by atoms with Crippen LogP contribution in [0.25, 0.3) is 0 Å². The molecule has 0 bridgehead atoms. The van der Waals surface area contributed by atoms with Crippen LogP contribution in [0.3, 0.4) is 0 Å². The Kier molecular flexibility index (Phi) is 11.7. The third-order valence-electron chi connectivity index (χ3n) is 10.7. The van der Waals surface area contributed by atoms with Crippen molar-refractivity contribution in [1.82, 2.24) is 36.1 Å². The molecule has 4 fully saturated rings. The van der Waals surface area contributed by atoms with Crippen molar-refractivity contribution in [2.45, 2.75) is 135 Å². The van der Waals surface area contributed by atoms with Crippen molar-refractivity contribution in [2.75, 3.05) is 6.54 Å². The first kappa shape index (κ1) is 36.4. The predicted octanol–water partition coefficient (Wildman–Crippen LogP) is 2.45. The molecule has 1 saturated heterocycles. The van der Waals surface area contributed by atoms with Gasteiger partial charge in [-0.15, -0.1) is 0 Å². The van der Waals surface area contributed by atoms with Crippen LogP contribution in [0.1, 0.15) is 115 Å². The molecule has 4 aliphatic rings. The van der Waals surface area contributed by atoms with Gasteiger partial charge in [0.15, 0.2) is 0 Å². The summed E-state index contributed by atoms with van der Waals surface area (Å²) in [5.41, 5.74) is -0.638. The van der Waals surface area contributed by atoms with Crippen molar-refractivity contribution in [3.63, 3.8) is 0 Å². The minimum Gasteiger partial charge on any atom is -0.347 e. The van der Waals surface area contributed by atoms with Gasteiger partial charge in [0.25, 0.3) is 11.8 Å². The van der Waals surface area contributed by atoms with Crippen molar-refractivity contribution >= 4 is 35.3 Å². The average molecular weight is 680 g/mol. The maximum atomic E-state index is 14.6. The number of Topliss-reactive ketones (excluding diaryl/α,β-unsaturated/α-hetero) is 1. The lowest BCUT2D eigenvalue weighted by Crippen LogP contribution is -2.62. The number of nitrogens with zero attached hydrogens (tertiary/aromatic N) is 3. The van der Waals surface area contributed by atoms with E-state index in [-0.39, 0.29) is 35.4 Å². The first-order valence-corrected chi connectivity index (χ1v) is 18.2. The van der Waals surface area contributed by atoms with Gasteiger partial charge in [0.2, 0.25) is 23.5 Å². The number of carbonyl (C=O) groups is 6. The first-order chi connectivity index (χ1) is 23.4. The molecule has 3 aliphatic carbocycles. The second kappa shape index (κ2) is 15.8. The van der Waals surface area contributed by atoms with E-state index in [1.165, 1.54) is 18.6 Å². The third-order valence-corrected chi connectivity index (χ3v) is 10.7. The van der Waals surface area contributed by atoms with Crippen LogP contribution < -0.4 is 21.3 Å². The molecule has 4 N–H and O–H groups in total. The fourth-order valence-corrected chi connectivity index (χ4v) is 7.87. The van der Waals surface area contributed by atoms with E-state index in [1.807, 2.05) is 27.7 Å². The Morgan fingerprint density at radius 3 is 2.27 bits per heavy atom. The van der Waals surface area contributed by atoms with Crippen molar-refractivity contribution in [3.05, 3.63) is 24.3 Å². The molecule has 0 aromatic carbocycles. The highest BCUT2D eigenvalue weighted by Crippen LogP contribution is 2.43.